The highest BCUT2D eigenvalue weighted by atomic mass is 16.6. The van der Waals surface area contributed by atoms with Crippen LogP contribution in [0.4, 0.5) is 0 Å². The van der Waals surface area contributed by atoms with Crippen LogP contribution in [0.3, 0.4) is 0 Å². The molecule has 0 fully saturated rings. The molecule has 0 saturated heterocycles. The topological polar surface area (TPSA) is 78.9 Å². The zero-order chi connectivity index (χ0) is 57.1. The molecular weight excluding hydrogens is 973 g/mol. The van der Waals surface area contributed by atoms with Gasteiger partial charge < -0.3 is 14.2 Å². The van der Waals surface area contributed by atoms with Crippen molar-refractivity contribution in [3.8, 4) is 0 Å². The largest absolute Gasteiger partial charge is 0.462 e. The number of carbonyl (C=O) groups excluding carboxylic acids is 3. The summed E-state index contributed by atoms with van der Waals surface area (Å²) in [5.74, 6) is -0.875. The van der Waals surface area contributed by atoms with E-state index in [0.29, 0.717) is 19.3 Å². The molecule has 1 atom stereocenters. The van der Waals surface area contributed by atoms with Crippen molar-refractivity contribution in [3.63, 3.8) is 0 Å². The molecule has 0 amide bonds. The molecule has 454 valence electrons. The van der Waals surface area contributed by atoms with Crippen molar-refractivity contribution in [2.75, 3.05) is 13.2 Å². The van der Waals surface area contributed by atoms with Crippen molar-refractivity contribution in [3.05, 3.63) is 97.2 Å². The highest BCUT2D eigenvalue weighted by molar-refractivity contribution is 5.71. The maximum absolute atomic E-state index is 13.0. The Morgan fingerprint density at radius 2 is 0.494 bits per heavy atom. The summed E-state index contributed by atoms with van der Waals surface area (Å²) in [5, 5.41) is 0. The number of hydrogen-bond donors (Lipinski definition) is 0. The van der Waals surface area contributed by atoms with E-state index in [1.54, 1.807) is 0 Å². The Hall–Kier alpha value is -3.67. The summed E-state index contributed by atoms with van der Waals surface area (Å²) in [6, 6.07) is 0. The lowest BCUT2D eigenvalue weighted by Gasteiger charge is -2.18. The smallest absolute Gasteiger partial charge is 0.306 e. The first-order chi connectivity index (χ1) is 39.0. The second-order valence-electron chi connectivity index (χ2n) is 22.3. The Balaban J connectivity index is 4.38. The number of hydrogen-bond acceptors (Lipinski definition) is 6. The molecule has 0 aliphatic heterocycles. The Labute approximate surface area is 489 Å². The predicted molar refractivity (Wildman–Crippen MR) is 344 cm³/mol. The second kappa shape index (κ2) is 66.8. The monoisotopic (exact) mass is 1100 g/mol. The van der Waals surface area contributed by atoms with E-state index in [-0.39, 0.29) is 31.1 Å². The van der Waals surface area contributed by atoms with Gasteiger partial charge >= 0.3 is 17.9 Å². The van der Waals surface area contributed by atoms with Crippen LogP contribution in [0.1, 0.15) is 329 Å². The van der Waals surface area contributed by atoms with Crippen molar-refractivity contribution < 1.29 is 28.6 Å². The van der Waals surface area contributed by atoms with Crippen molar-refractivity contribution in [2.24, 2.45) is 0 Å². The SMILES string of the molecule is CC/C=C\C/C=C\C/C=C\C/C=C\CCCCCCCCCCCCC(=O)OCC(COC(=O)CCCCCCCCCCCCCCCCCCC)OC(=O)CCCCCCCCCC/C=C\C/C=C\C/C=C\C/C=C\CC. The molecule has 0 heterocycles. The molecule has 0 spiro atoms. The minimum atomic E-state index is -0.785. The van der Waals surface area contributed by atoms with E-state index in [2.05, 4.69) is 118 Å². The van der Waals surface area contributed by atoms with Gasteiger partial charge in [-0.15, -0.1) is 0 Å². The van der Waals surface area contributed by atoms with Crippen LogP contribution >= 0.6 is 0 Å². The average molecular weight is 1100 g/mol. The summed E-state index contributed by atoms with van der Waals surface area (Å²) in [5.41, 5.74) is 0. The van der Waals surface area contributed by atoms with Crippen LogP contribution in [0.5, 0.6) is 0 Å². The fourth-order valence-corrected chi connectivity index (χ4v) is 9.60. The van der Waals surface area contributed by atoms with Gasteiger partial charge in [0.05, 0.1) is 0 Å². The van der Waals surface area contributed by atoms with Crippen LogP contribution in [0, 0.1) is 0 Å². The first-order valence-corrected chi connectivity index (χ1v) is 33.7. The maximum Gasteiger partial charge on any atom is 0.306 e. The summed E-state index contributed by atoms with van der Waals surface area (Å²) < 4.78 is 17.0. The zero-order valence-corrected chi connectivity index (χ0v) is 52.1. The van der Waals surface area contributed by atoms with Crippen molar-refractivity contribution in [2.45, 2.75) is 335 Å². The molecule has 0 N–H and O–H groups in total. The number of allylic oxidation sites excluding steroid dienone is 16. The van der Waals surface area contributed by atoms with Gasteiger partial charge in [0.25, 0.3) is 0 Å². The van der Waals surface area contributed by atoms with Gasteiger partial charge in [0.15, 0.2) is 6.10 Å². The van der Waals surface area contributed by atoms with Crippen molar-refractivity contribution >= 4 is 17.9 Å². The quantitative estimate of drug-likeness (QED) is 0.0261. The van der Waals surface area contributed by atoms with E-state index in [0.717, 1.165) is 116 Å². The van der Waals surface area contributed by atoms with Crippen LogP contribution < -0.4 is 0 Å². The molecule has 1 unspecified atom stereocenters. The number of esters is 3. The molecule has 79 heavy (non-hydrogen) atoms. The fraction of sp³-hybridized carbons (Fsp3) is 0.740. The molecule has 0 aromatic carbocycles. The molecule has 0 rings (SSSR count). The van der Waals surface area contributed by atoms with Crippen LogP contribution in [-0.4, -0.2) is 37.2 Å². The van der Waals surface area contributed by atoms with E-state index < -0.39 is 6.10 Å². The van der Waals surface area contributed by atoms with Gasteiger partial charge in [-0.25, -0.2) is 0 Å². The first kappa shape index (κ1) is 75.3. The predicted octanol–water partition coefficient (Wildman–Crippen LogP) is 23.2. The first-order valence-electron chi connectivity index (χ1n) is 33.7. The average Bonchev–Trinajstić information content (AvgIpc) is 3.45. The second-order valence-corrected chi connectivity index (χ2v) is 22.3. The summed E-state index contributed by atoms with van der Waals surface area (Å²) in [6.45, 7) is 6.45. The van der Waals surface area contributed by atoms with E-state index >= 15 is 0 Å². The highest BCUT2D eigenvalue weighted by Crippen LogP contribution is 2.17. The molecule has 6 nitrogen and oxygen atoms in total. The number of rotatable bonds is 61. The Morgan fingerprint density at radius 1 is 0.266 bits per heavy atom. The van der Waals surface area contributed by atoms with Gasteiger partial charge in [-0.1, -0.05) is 311 Å². The van der Waals surface area contributed by atoms with Gasteiger partial charge in [-0.2, -0.15) is 0 Å². The van der Waals surface area contributed by atoms with Gasteiger partial charge in [0.1, 0.15) is 13.2 Å². The molecule has 0 aromatic rings. The third kappa shape index (κ3) is 65.0. The lowest BCUT2D eigenvalue weighted by molar-refractivity contribution is -0.167. The van der Waals surface area contributed by atoms with Crippen molar-refractivity contribution in [1.29, 1.82) is 0 Å². The van der Waals surface area contributed by atoms with Crippen LogP contribution in [0.15, 0.2) is 97.2 Å². The number of unbranched alkanes of at least 4 members (excludes halogenated alkanes) is 34. The molecular formula is C73H126O6. The maximum atomic E-state index is 13.0. The highest BCUT2D eigenvalue weighted by Gasteiger charge is 2.19. The summed E-state index contributed by atoms with van der Waals surface area (Å²) in [6.07, 6.45) is 89.8. The number of ether oxygens (including phenoxy) is 3. The Kier molecular flexibility index (Phi) is 63.7. The van der Waals surface area contributed by atoms with Crippen LogP contribution in [-0.2, 0) is 28.6 Å². The van der Waals surface area contributed by atoms with Crippen LogP contribution in [0.25, 0.3) is 0 Å². The van der Waals surface area contributed by atoms with E-state index in [4.69, 9.17) is 14.2 Å². The molecule has 0 aromatic heterocycles. The molecule has 0 radical (unpaired) electrons. The number of carbonyl (C=O) groups is 3. The molecule has 0 saturated carbocycles. The van der Waals surface area contributed by atoms with Crippen molar-refractivity contribution in [1.82, 2.24) is 0 Å². The normalized spacial score (nSPS) is 12.7. The summed E-state index contributed by atoms with van der Waals surface area (Å²) in [4.78, 5) is 38.4. The lowest BCUT2D eigenvalue weighted by atomic mass is 10.0. The zero-order valence-electron chi connectivity index (χ0n) is 52.1. The summed E-state index contributed by atoms with van der Waals surface area (Å²) >= 11 is 0. The fourth-order valence-electron chi connectivity index (χ4n) is 9.60. The van der Waals surface area contributed by atoms with E-state index in [1.165, 1.54) is 173 Å². The molecule has 0 aliphatic carbocycles. The van der Waals surface area contributed by atoms with Crippen LogP contribution in [0.2, 0.25) is 0 Å². The minimum Gasteiger partial charge on any atom is -0.462 e. The van der Waals surface area contributed by atoms with E-state index in [9.17, 15) is 14.4 Å². The van der Waals surface area contributed by atoms with E-state index in [1.807, 2.05) is 0 Å². The molecule has 0 bridgehead atoms. The third-order valence-electron chi connectivity index (χ3n) is 14.6. The third-order valence-corrected chi connectivity index (χ3v) is 14.6. The van der Waals surface area contributed by atoms with Gasteiger partial charge in [-0.3, -0.25) is 14.4 Å². The minimum absolute atomic E-state index is 0.0790. The standard InChI is InChI=1S/C73H126O6/c1-4-7-10-13-16-19-22-25-28-31-33-35-36-38-39-42-45-48-51-54-57-60-63-66-72(75)78-69-70(68-77-71(74)65-62-59-56-53-50-47-44-41-30-27-24-21-18-15-12-9-6-3)79-73(76)67-64-61-58-55-52-49-46-43-40-37-34-32-29-26-23-20-17-14-11-8-5-2/h7-8,10-11,16-17,19-20,25-26,28-29,33-35,37,70H,4-6,9,12-15,18,21-24,27,30-32,36,38-69H2,1-3H3/b10-7-,11-8-,19-16-,20-17-,28-25-,29-26-,35-33-,37-34-. The summed E-state index contributed by atoms with van der Waals surface area (Å²) in [7, 11) is 0. The molecule has 0 aliphatic rings. The Morgan fingerprint density at radius 3 is 0.772 bits per heavy atom. The van der Waals surface area contributed by atoms with Gasteiger partial charge in [0.2, 0.25) is 0 Å². The van der Waals surface area contributed by atoms with Gasteiger partial charge in [-0.05, 0) is 96.3 Å². The molecule has 6 heteroatoms. The lowest BCUT2D eigenvalue weighted by Crippen LogP contribution is -2.30. The Bertz CT molecular complexity index is 1540. The van der Waals surface area contributed by atoms with Gasteiger partial charge in [0, 0.05) is 19.3 Å².